The number of nitro benzene ring substituents is 1. The van der Waals surface area contributed by atoms with E-state index in [0.29, 0.717) is 0 Å². The quantitative estimate of drug-likeness (QED) is 0.625. The first-order chi connectivity index (χ1) is 7.86. The summed E-state index contributed by atoms with van der Waals surface area (Å²) >= 11 is 0. The molecule has 1 aromatic rings. The van der Waals surface area contributed by atoms with Crippen LogP contribution >= 0.6 is 0 Å². The maximum atomic E-state index is 11.8. The molecule has 0 aliphatic carbocycles. The second-order valence-corrected chi connectivity index (χ2v) is 3.46. The van der Waals surface area contributed by atoms with Gasteiger partial charge in [-0.05, 0) is 6.07 Å². The van der Waals surface area contributed by atoms with E-state index in [1.165, 1.54) is 20.2 Å². The van der Waals surface area contributed by atoms with E-state index >= 15 is 0 Å². The summed E-state index contributed by atoms with van der Waals surface area (Å²) in [6, 6.07) is 3.49. The molecule has 0 aliphatic rings. The topological polar surface area (TPSA) is 101 Å². The van der Waals surface area contributed by atoms with Gasteiger partial charge in [-0.2, -0.15) is 0 Å². The molecule has 17 heavy (non-hydrogen) atoms. The summed E-state index contributed by atoms with van der Waals surface area (Å²) in [5.41, 5.74) is -1.29. The van der Waals surface area contributed by atoms with Crippen molar-refractivity contribution in [2.75, 3.05) is 14.1 Å². The van der Waals surface area contributed by atoms with Gasteiger partial charge in [0.05, 0.1) is 10.5 Å². The van der Waals surface area contributed by atoms with Crippen molar-refractivity contribution < 1.29 is 19.6 Å². The largest absolute Gasteiger partial charge is 0.478 e. The van der Waals surface area contributed by atoms with Crippen LogP contribution in [0.5, 0.6) is 0 Å². The maximum Gasteiger partial charge on any atom is 0.336 e. The molecule has 0 unspecified atom stereocenters. The fraction of sp³-hybridized carbons (Fsp3) is 0.200. The predicted octanol–water partition coefficient (Wildman–Crippen LogP) is 0.995. The van der Waals surface area contributed by atoms with Gasteiger partial charge in [0.25, 0.3) is 11.6 Å². The number of carbonyl (C=O) groups is 2. The zero-order chi connectivity index (χ0) is 13.2. The number of nitro groups is 1. The normalized spacial score (nSPS) is 9.76. The highest BCUT2D eigenvalue weighted by Gasteiger charge is 2.27. The molecule has 7 nitrogen and oxygen atoms in total. The zero-order valence-corrected chi connectivity index (χ0v) is 9.21. The summed E-state index contributed by atoms with van der Waals surface area (Å²) in [6.45, 7) is 0. The number of carboxylic acid groups (broad SMARTS) is 1. The fourth-order valence-corrected chi connectivity index (χ4v) is 1.32. The van der Waals surface area contributed by atoms with E-state index in [2.05, 4.69) is 0 Å². The number of rotatable bonds is 3. The maximum absolute atomic E-state index is 11.8. The van der Waals surface area contributed by atoms with Crippen molar-refractivity contribution in [2.45, 2.75) is 0 Å². The number of hydrogen-bond donors (Lipinski definition) is 1. The first-order valence-corrected chi connectivity index (χ1v) is 4.58. The van der Waals surface area contributed by atoms with Gasteiger partial charge >= 0.3 is 5.97 Å². The molecule has 0 fully saturated rings. The lowest BCUT2D eigenvalue weighted by molar-refractivity contribution is -0.385. The Kier molecular flexibility index (Phi) is 3.42. The van der Waals surface area contributed by atoms with Crippen LogP contribution in [0, 0.1) is 10.1 Å². The minimum absolute atomic E-state index is 0.377. The molecule has 90 valence electrons. The van der Waals surface area contributed by atoms with Crippen LogP contribution in [0.2, 0.25) is 0 Å². The van der Waals surface area contributed by atoms with Crippen molar-refractivity contribution >= 4 is 17.6 Å². The summed E-state index contributed by atoms with van der Waals surface area (Å²) in [7, 11) is 2.79. The third-order valence-corrected chi connectivity index (χ3v) is 2.09. The van der Waals surface area contributed by atoms with E-state index in [1.807, 2.05) is 0 Å². The molecule has 1 rings (SSSR count). The molecule has 0 aliphatic heterocycles. The second-order valence-electron chi connectivity index (χ2n) is 3.46. The first-order valence-electron chi connectivity index (χ1n) is 4.58. The van der Waals surface area contributed by atoms with E-state index in [4.69, 9.17) is 5.11 Å². The van der Waals surface area contributed by atoms with Crippen molar-refractivity contribution in [1.82, 2.24) is 4.90 Å². The number of carboxylic acids is 1. The van der Waals surface area contributed by atoms with Crippen molar-refractivity contribution in [1.29, 1.82) is 0 Å². The molecule has 0 spiro atoms. The summed E-state index contributed by atoms with van der Waals surface area (Å²) in [5.74, 6) is -2.09. The van der Waals surface area contributed by atoms with Crippen molar-refractivity contribution in [3.8, 4) is 0 Å². The Morgan fingerprint density at radius 3 is 2.35 bits per heavy atom. The van der Waals surface area contributed by atoms with Gasteiger partial charge in [-0.25, -0.2) is 4.79 Å². The molecule has 0 bridgehead atoms. The molecule has 0 heterocycles. The molecule has 1 N–H and O–H groups in total. The van der Waals surface area contributed by atoms with E-state index in [-0.39, 0.29) is 5.56 Å². The highest BCUT2D eigenvalue weighted by atomic mass is 16.6. The van der Waals surface area contributed by atoms with Crippen LogP contribution in [0.25, 0.3) is 0 Å². The Labute approximate surface area is 96.4 Å². The average Bonchev–Trinajstić information content (AvgIpc) is 2.26. The summed E-state index contributed by atoms with van der Waals surface area (Å²) < 4.78 is 0. The van der Waals surface area contributed by atoms with Gasteiger partial charge in [-0.3, -0.25) is 14.9 Å². The van der Waals surface area contributed by atoms with Crippen LogP contribution in [0.4, 0.5) is 5.69 Å². The third-order valence-electron chi connectivity index (χ3n) is 2.09. The number of benzene rings is 1. The van der Waals surface area contributed by atoms with Gasteiger partial charge in [0.1, 0.15) is 5.56 Å². The zero-order valence-electron chi connectivity index (χ0n) is 9.21. The van der Waals surface area contributed by atoms with Crippen molar-refractivity contribution in [3.05, 3.63) is 39.4 Å². The van der Waals surface area contributed by atoms with Crippen molar-refractivity contribution in [3.63, 3.8) is 0 Å². The van der Waals surface area contributed by atoms with Crippen LogP contribution in [-0.4, -0.2) is 40.9 Å². The van der Waals surface area contributed by atoms with Crippen LogP contribution < -0.4 is 0 Å². The van der Waals surface area contributed by atoms with Gasteiger partial charge < -0.3 is 10.0 Å². The van der Waals surface area contributed by atoms with Crippen LogP contribution in [0.1, 0.15) is 20.7 Å². The van der Waals surface area contributed by atoms with E-state index < -0.39 is 28.1 Å². The molecular formula is C10H10N2O5. The van der Waals surface area contributed by atoms with Crippen molar-refractivity contribution in [2.24, 2.45) is 0 Å². The Bertz CT molecular complexity index is 463. The standard InChI is InChI=1S/C10H10N2O5/c1-11(2)9(13)8-6(10(14)15)4-3-5-7(8)12(16)17/h3-5H,1-2H3,(H,14,15). The highest BCUT2D eigenvalue weighted by Crippen LogP contribution is 2.23. The van der Waals surface area contributed by atoms with Crippen LogP contribution in [0.3, 0.4) is 0 Å². The van der Waals surface area contributed by atoms with Gasteiger partial charge in [0.2, 0.25) is 0 Å². The molecule has 0 radical (unpaired) electrons. The summed E-state index contributed by atoms with van der Waals surface area (Å²) in [6.07, 6.45) is 0. The van der Waals surface area contributed by atoms with E-state index in [9.17, 15) is 19.7 Å². The number of amides is 1. The Hall–Kier alpha value is -2.44. The van der Waals surface area contributed by atoms with Crippen LogP contribution in [0.15, 0.2) is 18.2 Å². The molecule has 1 aromatic carbocycles. The number of nitrogens with zero attached hydrogens (tertiary/aromatic N) is 2. The molecule has 0 aromatic heterocycles. The average molecular weight is 238 g/mol. The van der Waals surface area contributed by atoms with Gasteiger partial charge in [0.15, 0.2) is 0 Å². The minimum atomic E-state index is -1.38. The molecule has 0 saturated heterocycles. The molecule has 1 amide bonds. The lowest BCUT2D eigenvalue weighted by Gasteiger charge is -2.12. The highest BCUT2D eigenvalue weighted by molar-refractivity contribution is 6.07. The Morgan fingerprint density at radius 2 is 1.94 bits per heavy atom. The third kappa shape index (κ3) is 2.39. The van der Waals surface area contributed by atoms with Crippen LogP contribution in [-0.2, 0) is 0 Å². The van der Waals surface area contributed by atoms with E-state index in [1.54, 1.807) is 0 Å². The molecule has 0 saturated carbocycles. The predicted molar refractivity (Wildman–Crippen MR) is 58.1 cm³/mol. The SMILES string of the molecule is CN(C)C(=O)c1c(C(=O)O)cccc1[N+](=O)[O-]. The van der Waals surface area contributed by atoms with Gasteiger partial charge in [0, 0.05) is 20.2 Å². The summed E-state index contributed by atoms with van der Waals surface area (Å²) in [4.78, 5) is 33.8. The Balaban J connectivity index is 3.55. The smallest absolute Gasteiger partial charge is 0.336 e. The monoisotopic (exact) mass is 238 g/mol. The Morgan fingerprint density at radius 1 is 1.35 bits per heavy atom. The van der Waals surface area contributed by atoms with Gasteiger partial charge in [-0.1, -0.05) is 6.07 Å². The van der Waals surface area contributed by atoms with E-state index in [0.717, 1.165) is 17.0 Å². The number of hydrogen-bond acceptors (Lipinski definition) is 4. The summed E-state index contributed by atoms with van der Waals surface area (Å²) in [5, 5.41) is 19.7. The minimum Gasteiger partial charge on any atom is -0.478 e. The first kappa shape index (κ1) is 12.6. The van der Waals surface area contributed by atoms with Gasteiger partial charge in [-0.15, -0.1) is 0 Å². The molecular weight excluding hydrogens is 228 g/mol. The lowest BCUT2D eigenvalue weighted by Crippen LogP contribution is -2.25. The molecule has 7 heteroatoms. The number of carbonyl (C=O) groups excluding carboxylic acids is 1. The number of aromatic carboxylic acids is 1. The fourth-order valence-electron chi connectivity index (χ4n) is 1.32. The molecule has 0 atom stereocenters. The second kappa shape index (κ2) is 4.60. The lowest BCUT2D eigenvalue weighted by atomic mass is 10.0.